The number of carbonyl (C=O) groups is 2. The standard InChI is InChI=1S/C17H29N3O2/c1-13(2)11-19-16(21)10-15-17(22)18-8-9-20(15)12-14-6-4-3-5-7-14/h14-15H,1,3-12H2,2H3,(H,18,22)(H,19,21). The van der Waals surface area contributed by atoms with Gasteiger partial charge in [0.05, 0.1) is 12.5 Å². The van der Waals surface area contributed by atoms with Gasteiger partial charge in [0.2, 0.25) is 11.8 Å². The molecule has 22 heavy (non-hydrogen) atoms. The largest absolute Gasteiger partial charge is 0.353 e. The van der Waals surface area contributed by atoms with Crippen molar-refractivity contribution in [3.63, 3.8) is 0 Å². The van der Waals surface area contributed by atoms with Crippen LogP contribution in [0.2, 0.25) is 0 Å². The van der Waals surface area contributed by atoms with Crippen molar-refractivity contribution in [1.29, 1.82) is 0 Å². The van der Waals surface area contributed by atoms with Crippen LogP contribution in [0.15, 0.2) is 12.2 Å². The highest BCUT2D eigenvalue weighted by Crippen LogP contribution is 2.25. The molecule has 2 rings (SSSR count). The van der Waals surface area contributed by atoms with Crippen LogP contribution < -0.4 is 10.6 Å². The molecule has 0 spiro atoms. The van der Waals surface area contributed by atoms with E-state index in [0.717, 1.165) is 18.7 Å². The van der Waals surface area contributed by atoms with Gasteiger partial charge in [-0.15, -0.1) is 0 Å². The maximum atomic E-state index is 12.2. The predicted molar refractivity (Wildman–Crippen MR) is 87.4 cm³/mol. The molecule has 1 saturated carbocycles. The summed E-state index contributed by atoms with van der Waals surface area (Å²) in [5.41, 5.74) is 0.917. The zero-order valence-electron chi connectivity index (χ0n) is 13.7. The van der Waals surface area contributed by atoms with Gasteiger partial charge in [-0.2, -0.15) is 0 Å². The maximum Gasteiger partial charge on any atom is 0.237 e. The summed E-state index contributed by atoms with van der Waals surface area (Å²) in [6.45, 7) is 8.62. The van der Waals surface area contributed by atoms with Crippen molar-refractivity contribution in [3.8, 4) is 0 Å². The van der Waals surface area contributed by atoms with Gasteiger partial charge in [0.25, 0.3) is 0 Å². The van der Waals surface area contributed by atoms with E-state index in [4.69, 9.17) is 0 Å². The molecule has 0 aromatic rings. The molecule has 1 aliphatic heterocycles. The second kappa shape index (κ2) is 8.32. The smallest absolute Gasteiger partial charge is 0.237 e. The lowest BCUT2D eigenvalue weighted by molar-refractivity contribution is -0.134. The third-order valence-corrected chi connectivity index (χ3v) is 4.63. The lowest BCUT2D eigenvalue weighted by Crippen LogP contribution is -2.57. The number of hydrogen-bond donors (Lipinski definition) is 2. The normalized spacial score (nSPS) is 23.9. The Morgan fingerprint density at radius 3 is 2.77 bits per heavy atom. The molecule has 1 unspecified atom stereocenters. The zero-order chi connectivity index (χ0) is 15.9. The molecular formula is C17H29N3O2. The van der Waals surface area contributed by atoms with Crippen LogP contribution in [0.1, 0.15) is 45.4 Å². The first-order chi connectivity index (χ1) is 10.6. The number of nitrogens with zero attached hydrogens (tertiary/aromatic N) is 1. The van der Waals surface area contributed by atoms with Crippen LogP contribution in [0.4, 0.5) is 0 Å². The summed E-state index contributed by atoms with van der Waals surface area (Å²) in [4.78, 5) is 26.4. The van der Waals surface area contributed by atoms with Crippen LogP contribution in [-0.4, -0.2) is 48.9 Å². The van der Waals surface area contributed by atoms with E-state index in [1.807, 2.05) is 6.92 Å². The Balaban J connectivity index is 1.89. The quantitative estimate of drug-likeness (QED) is 0.730. The molecule has 2 amide bonds. The summed E-state index contributed by atoms with van der Waals surface area (Å²) in [5.74, 6) is 0.604. The molecule has 124 valence electrons. The van der Waals surface area contributed by atoms with Crippen LogP contribution in [0.3, 0.4) is 0 Å². The molecule has 1 aliphatic carbocycles. The highest BCUT2D eigenvalue weighted by atomic mass is 16.2. The van der Waals surface area contributed by atoms with Crippen LogP contribution in [0, 0.1) is 5.92 Å². The summed E-state index contributed by atoms with van der Waals surface area (Å²) < 4.78 is 0. The number of hydrogen-bond acceptors (Lipinski definition) is 3. The van der Waals surface area contributed by atoms with Crippen LogP contribution in [-0.2, 0) is 9.59 Å². The average Bonchev–Trinajstić information content (AvgIpc) is 2.50. The highest BCUT2D eigenvalue weighted by Gasteiger charge is 2.32. The SMILES string of the molecule is C=C(C)CNC(=O)CC1C(=O)NCCN1CC1CCCCC1. The molecule has 0 aromatic carbocycles. The van der Waals surface area contributed by atoms with E-state index in [0.29, 0.717) is 19.0 Å². The van der Waals surface area contributed by atoms with E-state index >= 15 is 0 Å². The Labute approximate surface area is 133 Å². The summed E-state index contributed by atoms with van der Waals surface area (Å²) in [6.07, 6.45) is 6.69. The van der Waals surface area contributed by atoms with Crippen molar-refractivity contribution in [2.45, 2.75) is 51.5 Å². The van der Waals surface area contributed by atoms with Gasteiger partial charge in [-0.1, -0.05) is 31.4 Å². The van der Waals surface area contributed by atoms with Gasteiger partial charge in [-0.25, -0.2) is 0 Å². The number of carbonyl (C=O) groups excluding carboxylic acids is 2. The van der Waals surface area contributed by atoms with E-state index in [2.05, 4.69) is 22.1 Å². The minimum atomic E-state index is -0.319. The van der Waals surface area contributed by atoms with Gasteiger partial charge in [0.15, 0.2) is 0 Å². The maximum absolute atomic E-state index is 12.2. The first kappa shape index (κ1) is 17.0. The second-order valence-corrected chi connectivity index (χ2v) is 6.74. The van der Waals surface area contributed by atoms with E-state index in [1.54, 1.807) is 0 Å². The molecule has 1 atom stereocenters. The number of rotatable bonds is 6. The zero-order valence-corrected chi connectivity index (χ0v) is 13.7. The van der Waals surface area contributed by atoms with Gasteiger partial charge in [-0.05, 0) is 25.7 Å². The Bertz CT molecular complexity index is 416. The minimum absolute atomic E-state index is 0.00691. The molecular weight excluding hydrogens is 278 g/mol. The molecule has 0 aromatic heterocycles. The minimum Gasteiger partial charge on any atom is -0.353 e. The average molecular weight is 307 g/mol. The van der Waals surface area contributed by atoms with Crippen LogP contribution >= 0.6 is 0 Å². The topological polar surface area (TPSA) is 61.4 Å². The summed E-state index contributed by atoms with van der Waals surface area (Å²) in [7, 11) is 0. The Morgan fingerprint density at radius 2 is 2.09 bits per heavy atom. The highest BCUT2D eigenvalue weighted by molar-refractivity contribution is 5.88. The first-order valence-electron chi connectivity index (χ1n) is 8.49. The van der Waals surface area contributed by atoms with E-state index in [1.165, 1.54) is 32.1 Å². The summed E-state index contributed by atoms with van der Waals surface area (Å²) in [6, 6.07) is -0.319. The Kier molecular flexibility index (Phi) is 6.43. The van der Waals surface area contributed by atoms with Crippen molar-refractivity contribution in [3.05, 3.63) is 12.2 Å². The molecule has 2 aliphatic rings. The van der Waals surface area contributed by atoms with E-state index in [9.17, 15) is 9.59 Å². The number of nitrogens with one attached hydrogen (secondary N) is 2. The lowest BCUT2D eigenvalue weighted by atomic mass is 9.88. The van der Waals surface area contributed by atoms with Crippen molar-refractivity contribution in [2.75, 3.05) is 26.2 Å². The van der Waals surface area contributed by atoms with Gasteiger partial charge < -0.3 is 10.6 Å². The van der Waals surface area contributed by atoms with Crippen molar-refractivity contribution >= 4 is 11.8 Å². The van der Waals surface area contributed by atoms with Gasteiger partial charge >= 0.3 is 0 Å². The van der Waals surface area contributed by atoms with Crippen molar-refractivity contribution in [1.82, 2.24) is 15.5 Å². The lowest BCUT2D eigenvalue weighted by Gasteiger charge is -2.37. The fourth-order valence-corrected chi connectivity index (χ4v) is 3.40. The number of piperazine rings is 1. The molecule has 0 radical (unpaired) electrons. The molecule has 2 fully saturated rings. The van der Waals surface area contributed by atoms with Crippen LogP contribution in [0.5, 0.6) is 0 Å². The third kappa shape index (κ3) is 5.13. The molecule has 1 heterocycles. The summed E-state index contributed by atoms with van der Waals surface area (Å²) in [5, 5.41) is 5.72. The first-order valence-corrected chi connectivity index (χ1v) is 8.49. The fraction of sp³-hybridized carbons (Fsp3) is 0.765. The van der Waals surface area contributed by atoms with Crippen LogP contribution in [0.25, 0.3) is 0 Å². The number of amides is 2. The predicted octanol–water partition coefficient (Wildman–Crippen LogP) is 1.45. The molecule has 1 saturated heterocycles. The van der Waals surface area contributed by atoms with E-state index < -0.39 is 0 Å². The third-order valence-electron chi connectivity index (χ3n) is 4.63. The monoisotopic (exact) mass is 307 g/mol. The van der Waals surface area contributed by atoms with E-state index in [-0.39, 0.29) is 24.3 Å². The molecule has 5 heteroatoms. The van der Waals surface area contributed by atoms with Gasteiger partial charge in [0, 0.05) is 26.2 Å². The fourth-order valence-electron chi connectivity index (χ4n) is 3.40. The summed E-state index contributed by atoms with van der Waals surface area (Å²) >= 11 is 0. The van der Waals surface area contributed by atoms with Gasteiger partial charge in [0.1, 0.15) is 0 Å². The Morgan fingerprint density at radius 1 is 1.36 bits per heavy atom. The van der Waals surface area contributed by atoms with Crippen molar-refractivity contribution < 1.29 is 9.59 Å². The molecule has 2 N–H and O–H groups in total. The molecule has 0 bridgehead atoms. The molecule has 5 nitrogen and oxygen atoms in total. The van der Waals surface area contributed by atoms with Crippen molar-refractivity contribution in [2.24, 2.45) is 5.92 Å². The Hall–Kier alpha value is -1.36. The van der Waals surface area contributed by atoms with Gasteiger partial charge in [-0.3, -0.25) is 14.5 Å². The second-order valence-electron chi connectivity index (χ2n) is 6.74.